The van der Waals surface area contributed by atoms with Gasteiger partial charge >= 0.3 is 0 Å². The van der Waals surface area contributed by atoms with Crippen molar-refractivity contribution in [3.05, 3.63) is 30.0 Å². The van der Waals surface area contributed by atoms with Crippen LogP contribution in [0, 0.1) is 5.92 Å². The zero-order valence-corrected chi connectivity index (χ0v) is 17.0. The van der Waals surface area contributed by atoms with Gasteiger partial charge in [0.2, 0.25) is 0 Å². The first kappa shape index (κ1) is 21.3. The second kappa shape index (κ2) is 9.76. The van der Waals surface area contributed by atoms with E-state index in [0.29, 0.717) is 12.5 Å². The molecule has 2 aromatic rings. The minimum Gasteiger partial charge on any atom is -0.459 e. The summed E-state index contributed by atoms with van der Waals surface area (Å²) in [6, 6.07) is 8.29. The maximum atomic E-state index is 9.33. The Hall–Kier alpha value is -1.05. The van der Waals surface area contributed by atoms with Gasteiger partial charge in [-0.2, -0.15) is 5.06 Å². The van der Waals surface area contributed by atoms with Crippen molar-refractivity contribution in [1.29, 1.82) is 0 Å². The van der Waals surface area contributed by atoms with Gasteiger partial charge in [0.25, 0.3) is 0 Å². The van der Waals surface area contributed by atoms with Crippen molar-refractivity contribution in [2.24, 2.45) is 5.92 Å². The molecule has 1 saturated heterocycles. The molecule has 26 heavy (non-hydrogen) atoms. The number of thioether (sulfide) groups is 1. The van der Waals surface area contributed by atoms with Crippen molar-refractivity contribution in [1.82, 2.24) is 5.06 Å². The molecule has 0 amide bonds. The molecule has 1 aromatic carbocycles. The lowest BCUT2D eigenvalue weighted by Crippen LogP contribution is -2.32. The number of ether oxygens (including phenoxy) is 1. The lowest BCUT2D eigenvalue weighted by molar-refractivity contribution is -0.117. The molecular weight excluding hydrogens is 350 g/mol. The predicted molar refractivity (Wildman–Crippen MR) is 106 cm³/mol. The van der Waals surface area contributed by atoms with Crippen molar-refractivity contribution in [3.8, 4) is 0 Å². The van der Waals surface area contributed by atoms with Crippen LogP contribution >= 0.6 is 11.8 Å². The number of rotatable bonds is 5. The SMILES string of the molecule is CC(C)(C)O.CSc1ccc2oc(COCC3CCN(O)CC3)cc2c1. The highest BCUT2D eigenvalue weighted by Crippen LogP contribution is 2.25. The molecule has 1 aliphatic heterocycles. The third-order valence-electron chi connectivity index (χ3n) is 3.96. The number of piperidine rings is 1. The number of aliphatic hydroxyl groups is 1. The maximum absolute atomic E-state index is 9.33. The first-order chi connectivity index (χ1) is 12.2. The number of hydrogen-bond acceptors (Lipinski definition) is 6. The molecule has 0 bridgehead atoms. The van der Waals surface area contributed by atoms with Crippen LogP contribution in [0.2, 0.25) is 0 Å². The van der Waals surface area contributed by atoms with E-state index < -0.39 is 5.60 Å². The van der Waals surface area contributed by atoms with E-state index in [2.05, 4.69) is 24.5 Å². The topological polar surface area (TPSA) is 66.1 Å². The number of nitrogens with zero attached hydrogens (tertiary/aromatic N) is 1. The first-order valence-corrected chi connectivity index (χ1v) is 10.3. The van der Waals surface area contributed by atoms with Crippen LogP contribution in [0.5, 0.6) is 0 Å². The van der Waals surface area contributed by atoms with E-state index in [0.717, 1.165) is 49.3 Å². The standard InChI is InChI=1S/C16H21NO3S.C4H10O/c1-21-15-2-3-16-13(9-15)8-14(20-16)11-19-10-12-4-6-17(18)7-5-12;1-4(2,3)5/h2-3,8-9,12,18H,4-7,10-11H2,1H3;5H,1-3H3. The molecule has 0 saturated carbocycles. The second-order valence-electron chi connectivity index (χ2n) is 7.70. The molecular formula is C20H31NO4S. The van der Waals surface area contributed by atoms with E-state index in [4.69, 9.17) is 14.3 Å². The summed E-state index contributed by atoms with van der Waals surface area (Å²) in [4.78, 5) is 1.24. The highest BCUT2D eigenvalue weighted by Gasteiger charge is 2.18. The van der Waals surface area contributed by atoms with Crippen molar-refractivity contribution >= 4 is 22.7 Å². The fraction of sp³-hybridized carbons (Fsp3) is 0.600. The molecule has 0 atom stereocenters. The van der Waals surface area contributed by atoms with Gasteiger partial charge in [0, 0.05) is 23.4 Å². The van der Waals surface area contributed by atoms with E-state index >= 15 is 0 Å². The number of hydrogen-bond donors (Lipinski definition) is 2. The molecule has 0 aliphatic carbocycles. The van der Waals surface area contributed by atoms with E-state index in [-0.39, 0.29) is 0 Å². The summed E-state index contributed by atoms with van der Waals surface area (Å²) >= 11 is 1.73. The van der Waals surface area contributed by atoms with Crippen LogP contribution in [0.25, 0.3) is 11.0 Å². The number of benzene rings is 1. The number of furan rings is 1. The molecule has 1 aliphatic rings. The van der Waals surface area contributed by atoms with Gasteiger partial charge in [-0.3, -0.25) is 0 Å². The van der Waals surface area contributed by atoms with Crippen molar-refractivity contribution < 1.29 is 19.5 Å². The summed E-state index contributed by atoms with van der Waals surface area (Å²) in [5, 5.41) is 20.4. The van der Waals surface area contributed by atoms with Gasteiger partial charge in [-0.1, -0.05) is 0 Å². The molecule has 0 radical (unpaired) electrons. The van der Waals surface area contributed by atoms with Crippen molar-refractivity contribution in [3.63, 3.8) is 0 Å². The monoisotopic (exact) mass is 381 g/mol. The third kappa shape index (κ3) is 7.68. The van der Waals surface area contributed by atoms with Gasteiger partial charge in [0.15, 0.2) is 0 Å². The Morgan fingerprint density at radius 3 is 2.50 bits per heavy atom. The number of fused-ring (bicyclic) bond motifs is 1. The highest BCUT2D eigenvalue weighted by molar-refractivity contribution is 7.98. The van der Waals surface area contributed by atoms with Gasteiger partial charge in [0.05, 0.1) is 12.2 Å². The normalized spacial score (nSPS) is 16.5. The summed E-state index contributed by atoms with van der Waals surface area (Å²) in [6.07, 6.45) is 4.06. The van der Waals surface area contributed by atoms with E-state index in [1.165, 1.54) is 9.96 Å². The zero-order chi connectivity index (χ0) is 19.2. The molecule has 2 N–H and O–H groups in total. The van der Waals surface area contributed by atoms with E-state index in [1.807, 2.05) is 6.07 Å². The Labute approximate surface area is 160 Å². The fourth-order valence-corrected chi connectivity index (χ4v) is 3.14. The van der Waals surface area contributed by atoms with Crippen LogP contribution < -0.4 is 0 Å². The van der Waals surface area contributed by atoms with Crippen LogP contribution in [-0.4, -0.2) is 46.9 Å². The smallest absolute Gasteiger partial charge is 0.134 e. The van der Waals surface area contributed by atoms with Crippen LogP contribution in [0.4, 0.5) is 0 Å². The summed E-state index contributed by atoms with van der Waals surface area (Å²) < 4.78 is 11.6. The Bertz CT molecular complexity index is 666. The minimum atomic E-state index is -0.500. The van der Waals surface area contributed by atoms with Crippen LogP contribution in [0.1, 0.15) is 39.4 Å². The third-order valence-corrected chi connectivity index (χ3v) is 4.69. The van der Waals surface area contributed by atoms with E-state index in [9.17, 15) is 5.21 Å². The Kier molecular flexibility index (Phi) is 7.98. The minimum absolute atomic E-state index is 0.500. The average molecular weight is 382 g/mol. The zero-order valence-electron chi connectivity index (χ0n) is 16.2. The summed E-state index contributed by atoms with van der Waals surface area (Å²) in [5.41, 5.74) is 0.417. The quantitative estimate of drug-likeness (QED) is 0.741. The molecule has 1 aromatic heterocycles. The Balaban J connectivity index is 0.000000431. The maximum Gasteiger partial charge on any atom is 0.134 e. The van der Waals surface area contributed by atoms with Gasteiger partial charge in [-0.25, -0.2) is 0 Å². The molecule has 2 heterocycles. The molecule has 0 spiro atoms. The van der Waals surface area contributed by atoms with Crippen molar-refractivity contribution in [2.45, 2.75) is 50.7 Å². The molecule has 6 heteroatoms. The van der Waals surface area contributed by atoms with Crippen molar-refractivity contribution in [2.75, 3.05) is 26.0 Å². The van der Waals surface area contributed by atoms with Crippen LogP contribution in [-0.2, 0) is 11.3 Å². The first-order valence-electron chi connectivity index (χ1n) is 9.05. The van der Waals surface area contributed by atoms with E-state index in [1.54, 1.807) is 32.5 Å². The number of hydroxylamine groups is 2. The average Bonchev–Trinajstić information content (AvgIpc) is 2.97. The molecule has 5 nitrogen and oxygen atoms in total. The molecule has 146 valence electrons. The highest BCUT2D eigenvalue weighted by atomic mass is 32.2. The van der Waals surface area contributed by atoms with Crippen LogP contribution in [0.15, 0.2) is 33.6 Å². The van der Waals surface area contributed by atoms with Gasteiger partial charge in [0.1, 0.15) is 18.0 Å². The van der Waals surface area contributed by atoms with Crippen LogP contribution in [0.3, 0.4) is 0 Å². The largest absolute Gasteiger partial charge is 0.459 e. The Morgan fingerprint density at radius 2 is 1.88 bits per heavy atom. The van der Waals surface area contributed by atoms with Gasteiger partial charge in [-0.05, 0) is 70.1 Å². The molecule has 1 fully saturated rings. The lowest BCUT2D eigenvalue weighted by atomic mass is 9.99. The second-order valence-corrected chi connectivity index (χ2v) is 8.58. The fourth-order valence-electron chi connectivity index (χ4n) is 2.69. The van der Waals surface area contributed by atoms with Gasteiger partial charge in [-0.15, -0.1) is 11.8 Å². The van der Waals surface area contributed by atoms with Gasteiger partial charge < -0.3 is 19.5 Å². The summed E-state index contributed by atoms with van der Waals surface area (Å²) in [5.74, 6) is 1.42. The molecule has 0 unspecified atom stereocenters. The molecule has 3 rings (SSSR count). The summed E-state index contributed by atoms with van der Waals surface area (Å²) in [7, 11) is 0. The predicted octanol–water partition coefficient (Wildman–Crippen LogP) is 4.55. The Morgan fingerprint density at radius 1 is 1.23 bits per heavy atom. The lowest BCUT2D eigenvalue weighted by Gasteiger charge is -2.26. The summed E-state index contributed by atoms with van der Waals surface area (Å²) in [6.45, 7) is 7.98.